The molecule has 2 aromatic rings. The van der Waals surface area contributed by atoms with E-state index in [0.717, 1.165) is 31.0 Å². The van der Waals surface area contributed by atoms with Gasteiger partial charge in [0.1, 0.15) is 5.01 Å². The van der Waals surface area contributed by atoms with Crippen LogP contribution in [-0.4, -0.2) is 40.0 Å². The van der Waals surface area contributed by atoms with E-state index in [-0.39, 0.29) is 18.4 Å². The third-order valence-corrected chi connectivity index (χ3v) is 6.50. The van der Waals surface area contributed by atoms with Crippen LogP contribution in [-0.2, 0) is 17.8 Å². The quantitative estimate of drug-likeness (QED) is 0.601. The predicted molar refractivity (Wildman–Crippen MR) is 119 cm³/mol. The molecule has 1 saturated carbocycles. The van der Waals surface area contributed by atoms with Crippen LogP contribution in [0.4, 0.5) is 5.69 Å². The summed E-state index contributed by atoms with van der Waals surface area (Å²) in [6, 6.07) is 7.77. The van der Waals surface area contributed by atoms with E-state index in [4.69, 9.17) is 5.73 Å². The summed E-state index contributed by atoms with van der Waals surface area (Å²) >= 11 is 1.26. The smallest absolute Gasteiger partial charge is 0.286 e. The second-order valence-electron chi connectivity index (χ2n) is 7.98. The van der Waals surface area contributed by atoms with Crippen molar-refractivity contribution in [2.24, 2.45) is 11.7 Å². The Morgan fingerprint density at radius 2 is 1.90 bits per heavy atom. The number of aromatic nitrogens is 2. The molecule has 1 aliphatic rings. The summed E-state index contributed by atoms with van der Waals surface area (Å²) in [5, 5.41) is 12.1. The normalized spacial score (nSPS) is 14.7. The van der Waals surface area contributed by atoms with Crippen LogP contribution in [0.15, 0.2) is 24.3 Å². The van der Waals surface area contributed by atoms with Gasteiger partial charge in [0, 0.05) is 5.69 Å². The van der Waals surface area contributed by atoms with E-state index in [9.17, 15) is 9.59 Å². The van der Waals surface area contributed by atoms with Gasteiger partial charge in [0.25, 0.3) is 5.91 Å². The Balaban J connectivity index is 1.56. The number of nitrogens with zero attached hydrogens (tertiary/aromatic N) is 3. The second-order valence-corrected chi connectivity index (χ2v) is 9.04. The highest BCUT2D eigenvalue weighted by atomic mass is 32.1. The Morgan fingerprint density at radius 1 is 1.17 bits per heavy atom. The van der Waals surface area contributed by atoms with Crippen LogP contribution in [0.25, 0.3) is 0 Å². The van der Waals surface area contributed by atoms with Gasteiger partial charge >= 0.3 is 0 Å². The van der Waals surface area contributed by atoms with Gasteiger partial charge in [-0.05, 0) is 43.0 Å². The highest BCUT2D eigenvalue weighted by Gasteiger charge is 2.19. The van der Waals surface area contributed by atoms with Gasteiger partial charge in [-0.3, -0.25) is 14.5 Å². The fourth-order valence-electron chi connectivity index (χ4n) is 3.88. The van der Waals surface area contributed by atoms with Crippen LogP contribution in [0.2, 0.25) is 0 Å². The molecule has 1 aromatic heterocycles. The lowest BCUT2D eigenvalue weighted by Gasteiger charge is -2.25. The van der Waals surface area contributed by atoms with Gasteiger partial charge in [-0.25, -0.2) is 0 Å². The van der Waals surface area contributed by atoms with E-state index in [0.29, 0.717) is 16.6 Å². The number of aryl methyl sites for hydroxylation is 1. The zero-order valence-electron chi connectivity index (χ0n) is 17.6. The van der Waals surface area contributed by atoms with Crippen LogP contribution in [0.5, 0.6) is 0 Å². The van der Waals surface area contributed by atoms with Crippen LogP contribution in [0, 0.1) is 5.92 Å². The fraction of sp³-hybridized carbons (Fsp3) is 0.545. The molecule has 2 amide bonds. The minimum atomic E-state index is -0.350. The van der Waals surface area contributed by atoms with Gasteiger partial charge in [0.2, 0.25) is 10.9 Å². The first kappa shape index (κ1) is 22.4. The molecule has 0 radical (unpaired) electrons. The maximum atomic E-state index is 12.5. The van der Waals surface area contributed by atoms with Crippen molar-refractivity contribution < 1.29 is 9.59 Å². The van der Waals surface area contributed by atoms with Crippen molar-refractivity contribution in [3.05, 3.63) is 39.8 Å². The molecule has 0 aliphatic heterocycles. The molecule has 7 nitrogen and oxygen atoms in total. The number of rotatable bonds is 10. The molecule has 30 heavy (non-hydrogen) atoms. The van der Waals surface area contributed by atoms with Crippen molar-refractivity contribution in [2.45, 2.75) is 58.4 Å². The molecule has 0 bridgehead atoms. The first-order valence-electron chi connectivity index (χ1n) is 10.8. The monoisotopic (exact) mass is 429 g/mol. The van der Waals surface area contributed by atoms with Crippen molar-refractivity contribution in [1.82, 2.24) is 15.1 Å². The molecule has 0 atom stereocenters. The number of primary amides is 1. The standard InChI is InChI=1S/C22H31N5O2S/c1-2-16-8-10-18(11-9-16)24-21(29)22-26-25-20(30-22)15-27(14-19(23)28)13-12-17-6-4-3-5-7-17/h8-11,17H,2-7,12-15H2,1H3,(H2,23,28)(H,24,29). The lowest BCUT2D eigenvalue weighted by molar-refractivity contribution is -0.119. The van der Waals surface area contributed by atoms with E-state index in [1.54, 1.807) is 0 Å². The minimum Gasteiger partial charge on any atom is -0.369 e. The molecular formula is C22H31N5O2S. The molecule has 8 heteroatoms. The number of nitrogens with two attached hydrogens (primary N) is 1. The first-order valence-corrected chi connectivity index (χ1v) is 11.6. The van der Waals surface area contributed by atoms with Crippen molar-refractivity contribution in [1.29, 1.82) is 0 Å². The maximum Gasteiger partial charge on any atom is 0.286 e. The van der Waals surface area contributed by atoms with Gasteiger partial charge in [-0.15, -0.1) is 10.2 Å². The number of nitrogens with one attached hydrogen (secondary N) is 1. The summed E-state index contributed by atoms with van der Waals surface area (Å²) in [5.74, 6) is 0.104. The Hall–Kier alpha value is -2.32. The number of amides is 2. The number of carbonyl (C=O) groups is 2. The van der Waals surface area contributed by atoms with Gasteiger partial charge < -0.3 is 11.1 Å². The number of benzene rings is 1. The van der Waals surface area contributed by atoms with Gasteiger partial charge in [0.15, 0.2) is 0 Å². The summed E-state index contributed by atoms with van der Waals surface area (Å²) in [5.41, 5.74) is 7.39. The average molecular weight is 430 g/mol. The summed E-state index contributed by atoms with van der Waals surface area (Å²) in [6.45, 7) is 3.56. The Morgan fingerprint density at radius 3 is 2.57 bits per heavy atom. The van der Waals surface area contributed by atoms with Crippen LogP contribution in [0.1, 0.15) is 65.8 Å². The Bertz CT molecular complexity index is 830. The maximum absolute atomic E-state index is 12.5. The molecule has 3 rings (SSSR count). The van der Waals surface area contributed by atoms with E-state index >= 15 is 0 Å². The van der Waals surface area contributed by atoms with Crippen molar-refractivity contribution in [2.75, 3.05) is 18.4 Å². The molecule has 0 unspecified atom stereocenters. The third-order valence-electron chi connectivity index (χ3n) is 5.60. The molecular weight excluding hydrogens is 398 g/mol. The summed E-state index contributed by atoms with van der Waals surface area (Å²) in [7, 11) is 0. The molecule has 162 valence electrons. The van der Waals surface area contributed by atoms with Gasteiger partial charge in [-0.2, -0.15) is 0 Å². The molecule has 1 aliphatic carbocycles. The molecule has 0 spiro atoms. The van der Waals surface area contributed by atoms with Crippen LogP contribution < -0.4 is 11.1 Å². The lowest BCUT2D eigenvalue weighted by Crippen LogP contribution is -2.35. The van der Waals surface area contributed by atoms with E-state index in [2.05, 4.69) is 22.4 Å². The lowest BCUT2D eigenvalue weighted by atomic mass is 9.87. The SMILES string of the molecule is CCc1ccc(NC(=O)c2nnc(CN(CCC3CCCCC3)CC(N)=O)s2)cc1. The molecule has 1 heterocycles. The zero-order valence-corrected chi connectivity index (χ0v) is 18.4. The van der Waals surface area contributed by atoms with Crippen molar-refractivity contribution >= 4 is 28.8 Å². The summed E-state index contributed by atoms with van der Waals surface area (Å²) in [6.07, 6.45) is 8.50. The first-order chi connectivity index (χ1) is 14.5. The van der Waals surface area contributed by atoms with E-state index in [1.807, 2.05) is 29.2 Å². The van der Waals surface area contributed by atoms with Crippen molar-refractivity contribution in [3.63, 3.8) is 0 Å². The zero-order chi connectivity index (χ0) is 21.3. The number of anilines is 1. The highest BCUT2D eigenvalue weighted by molar-refractivity contribution is 7.13. The minimum absolute atomic E-state index is 0.192. The van der Waals surface area contributed by atoms with Crippen LogP contribution >= 0.6 is 11.3 Å². The summed E-state index contributed by atoms with van der Waals surface area (Å²) in [4.78, 5) is 26.0. The molecule has 1 aromatic carbocycles. The second kappa shape index (κ2) is 11.2. The summed E-state index contributed by atoms with van der Waals surface area (Å²) < 4.78 is 0. The Kier molecular flexibility index (Phi) is 8.33. The largest absolute Gasteiger partial charge is 0.369 e. The fourth-order valence-corrected chi connectivity index (χ4v) is 4.66. The van der Waals surface area contributed by atoms with Crippen LogP contribution in [0.3, 0.4) is 0 Å². The number of carbonyl (C=O) groups excluding carboxylic acids is 2. The molecule has 1 fully saturated rings. The van der Waals surface area contributed by atoms with Gasteiger partial charge in [0.05, 0.1) is 13.1 Å². The van der Waals surface area contributed by atoms with E-state index < -0.39 is 0 Å². The van der Waals surface area contributed by atoms with Gasteiger partial charge in [-0.1, -0.05) is 62.5 Å². The highest BCUT2D eigenvalue weighted by Crippen LogP contribution is 2.26. The third kappa shape index (κ3) is 6.88. The Labute approximate surface area is 182 Å². The topological polar surface area (TPSA) is 101 Å². The number of hydrogen-bond donors (Lipinski definition) is 2. The molecule has 3 N–H and O–H groups in total. The van der Waals surface area contributed by atoms with Crippen molar-refractivity contribution in [3.8, 4) is 0 Å². The predicted octanol–water partition coefficient (Wildman–Crippen LogP) is 3.61. The average Bonchev–Trinajstić information content (AvgIpc) is 3.21. The number of hydrogen-bond acceptors (Lipinski definition) is 6. The molecule has 0 saturated heterocycles. The van der Waals surface area contributed by atoms with E-state index in [1.165, 1.54) is 49.0 Å².